The summed E-state index contributed by atoms with van der Waals surface area (Å²) < 4.78 is 32.6. The lowest BCUT2D eigenvalue weighted by Crippen LogP contribution is -2.52. The number of hydrogen-bond acceptors (Lipinski definition) is 4. The van der Waals surface area contributed by atoms with Gasteiger partial charge in [0.05, 0.1) is 25.0 Å². The average Bonchev–Trinajstić information content (AvgIpc) is 3.45. The normalized spacial score (nSPS) is 29.7. The lowest BCUT2D eigenvalue weighted by Gasteiger charge is -2.33. The molecule has 0 radical (unpaired) electrons. The van der Waals surface area contributed by atoms with Crippen LogP contribution in [-0.2, 0) is 14.8 Å². The van der Waals surface area contributed by atoms with E-state index in [0.29, 0.717) is 25.5 Å². The molecule has 1 saturated heterocycles. The fraction of sp³-hybridized carbons (Fsp3) is 0.682. The molecular weight excluding hydrogens is 402 g/mol. The van der Waals surface area contributed by atoms with Crippen LogP contribution < -0.4 is 10.0 Å². The van der Waals surface area contributed by atoms with E-state index in [9.17, 15) is 13.2 Å². The van der Waals surface area contributed by atoms with E-state index in [0.717, 1.165) is 38.5 Å². The topological polar surface area (TPSA) is 87.7 Å². The van der Waals surface area contributed by atoms with Crippen molar-refractivity contribution >= 4 is 16.1 Å². The first-order chi connectivity index (χ1) is 14.4. The third kappa shape index (κ3) is 5.74. The standard InChI is InChI=1S/C22H33N3O4S/c1-30(27,28)24-20-13-14-25(22(26)23-18-9-10-18)21(20)15-29-19-11-7-17(8-12-19)16-5-3-2-4-6-16/h2-6,17-21,24H,7-15H2,1H3,(H,23,26)/t17-,19+,20-,21-/m1/s1. The first kappa shape index (κ1) is 21.6. The molecule has 2 aliphatic carbocycles. The van der Waals surface area contributed by atoms with E-state index < -0.39 is 10.0 Å². The number of benzene rings is 1. The van der Waals surface area contributed by atoms with E-state index in [-0.39, 0.29) is 30.3 Å². The molecule has 3 fully saturated rings. The number of likely N-dealkylation sites (tertiary alicyclic amines) is 1. The van der Waals surface area contributed by atoms with Crippen LogP contribution in [0.1, 0.15) is 56.4 Å². The molecule has 2 N–H and O–H groups in total. The molecule has 4 rings (SSSR count). The van der Waals surface area contributed by atoms with Crippen LogP contribution in [0.25, 0.3) is 0 Å². The monoisotopic (exact) mass is 435 g/mol. The van der Waals surface area contributed by atoms with Gasteiger partial charge >= 0.3 is 6.03 Å². The van der Waals surface area contributed by atoms with E-state index in [4.69, 9.17) is 4.74 Å². The van der Waals surface area contributed by atoms with Crippen molar-refractivity contribution in [3.05, 3.63) is 35.9 Å². The fourth-order valence-electron chi connectivity index (χ4n) is 4.73. The predicted molar refractivity (Wildman–Crippen MR) is 116 cm³/mol. The minimum Gasteiger partial charge on any atom is -0.376 e. The number of nitrogens with one attached hydrogen (secondary N) is 2. The lowest BCUT2D eigenvalue weighted by molar-refractivity contribution is -0.000671. The Morgan fingerprint density at radius 1 is 1.07 bits per heavy atom. The summed E-state index contributed by atoms with van der Waals surface area (Å²) in [7, 11) is -3.35. The molecule has 1 aliphatic heterocycles. The highest BCUT2D eigenvalue weighted by molar-refractivity contribution is 7.88. The Bertz CT molecular complexity index is 820. The summed E-state index contributed by atoms with van der Waals surface area (Å²) in [5, 5.41) is 3.03. The van der Waals surface area contributed by atoms with Gasteiger partial charge in [0, 0.05) is 18.6 Å². The van der Waals surface area contributed by atoms with Gasteiger partial charge in [-0.3, -0.25) is 0 Å². The minimum atomic E-state index is -3.35. The lowest BCUT2D eigenvalue weighted by atomic mass is 9.83. The van der Waals surface area contributed by atoms with E-state index in [1.165, 1.54) is 11.8 Å². The Balaban J connectivity index is 1.33. The van der Waals surface area contributed by atoms with E-state index in [1.54, 1.807) is 4.90 Å². The molecule has 0 unspecified atom stereocenters. The van der Waals surface area contributed by atoms with Crippen molar-refractivity contribution < 1.29 is 17.9 Å². The van der Waals surface area contributed by atoms with Crippen LogP contribution in [0.15, 0.2) is 30.3 Å². The molecule has 8 heteroatoms. The summed E-state index contributed by atoms with van der Waals surface area (Å²) in [6.45, 7) is 0.909. The second-order valence-corrected chi connectivity index (χ2v) is 10.8. The number of amides is 2. The molecule has 166 valence electrons. The molecule has 2 atom stereocenters. The van der Waals surface area contributed by atoms with Gasteiger partial charge in [-0.25, -0.2) is 17.9 Å². The predicted octanol–water partition coefficient (Wildman–Crippen LogP) is 2.59. The number of ether oxygens (including phenoxy) is 1. The molecule has 1 aromatic carbocycles. The Morgan fingerprint density at radius 2 is 1.77 bits per heavy atom. The maximum absolute atomic E-state index is 12.7. The number of sulfonamides is 1. The van der Waals surface area contributed by atoms with Crippen molar-refractivity contribution in [1.29, 1.82) is 0 Å². The molecule has 7 nitrogen and oxygen atoms in total. The maximum atomic E-state index is 12.7. The Labute approximate surface area is 179 Å². The molecule has 1 heterocycles. The van der Waals surface area contributed by atoms with Gasteiger partial charge in [0.2, 0.25) is 10.0 Å². The summed E-state index contributed by atoms with van der Waals surface area (Å²) >= 11 is 0. The van der Waals surface area contributed by atoms with Crippen molar-refractivity contribution in [3.63, 3.8) is 0 Å². The van der Waals surface area contributed by atoms with Crippen molar-refractivity contribution in [3.8, 4) is 0 Å². The zero-order chi connectivity index (χ0) is 21.1. The smallest absolute Gasteiger partial charge is 0.318 e. The summed E-state index contributed by atoms with van der Waals surface area (Å²) in [4.78, 5) is 14.4. The third-order valence-corrected chi connectivity index (χ3v) is 7.26. The Hall–Kier alpha value is -1.64. The zero-order valence-corrected chi connectivity index (χ0v) is 18.4. The van der Waals surface area contributed by atoms with Crippen LogP contribution in [0.4, 0.5) is 4.79 Å². The first-order valence-electron chi connectivity index (χ1n) is 11.1. The van der Waals surface area contributed by atoms with Gasteiger partial charge in [-0.05, 0) is 56.4 Å². The first-order valence-corrected chi connectivity index (χ1v) is 13.0. The van der Waals surface area contributed by atoms with Crippen LogP contribution in [0.5, 0.6) is 0 Å². The van der Waals surface area contributed by atoms with Gasteiger partial charge in [-0.1, -0.05) is 30.3 Å². The van der Waals surface area contributed by atoms with E-state index in [2.05, 4.69) is 34.3 Å². The van der Waals surface area contributed by atoms with Crippen LogP contribution in [0.3, 0.4) is 0 Å². The number of carbonyl (C=O) groups excluding carboxylic acids is 1. The quantitative estimate of drug-likeness (QED) is 0.689. The third-order valence-electron chi connectivity index (χ3n) is 6.52. The van der Waals surface area contributed by atoms with Gasteiger partial charge in [-0.2, -0.15) is 0 Å². The van der Waals surface area contributed by atoms with Gasteiger partial charge < -0.3 is 15.0 Å². The van der Waals surface area contributed by atoms with E-state index in [1.807, 2.05) is 6.07 Å². The molecule has 2 saturated carbocycles. The van der Waals surface area contributed by atoms with Crippen LogP contribution in [0, 0.1) is 0 Å². The zero-order valence-electron chi connectivity index (χ0n) is 17.6. The highest BCUT2D eigenvalue weighted by Crippen LogP contribution is 2.34. The summed E-state index contributed by atoms with van der Waals surface area (Å²) in [5.74, 6) is 0.581. The van der Waals surface area contributed by atoms with E-state index >= 15 is 0 Å². The molecule has 3 aliphatic rings. The molecule has 30 heavy (non-hydrogen) atoms. The van der Waals surface area contributed by atoms with Crippen molar-refractivity contribution in [2.45, 2.75) is 75.1 Å². The average molecular weight is 436 g/mol. The molecule has 0 bridgehead atoms. The number of nitrogens with zero attached hydrogens (tertiary/aromatic N) is 1. The molecule has 2 amide bonds. The SMILES string of the molecule is CS(=O)(=O)N[C@@H]1CCN(C(=O)NC2CC2)[C@@H]1CO[C@H]1CC[C@@H](c2ccccc2)CC1. The number of hydrogen-bond donors (Lipinski definition) is 2. The summed E-state index contributed by atoms with van der Waals surface area (Å²) in [5.41, 5.74) is 1.40. The van der Waals surface area contributed by atoms with Gasteiger partial charge in [0.25, 0.3) is 0 Å². The van der Waals surface area contributed by atoms with Crippen molar-refractivity contribution in [1.82, 2.24) is 14.9 Å². The molecule has 0 spiro atoms. The van der Waals surface area contributed by atoms with Crippen molar-refractivity contribution in [2.75, 3.05) is 19.4 Å². The molecular formula is C22H33N3O4S. The second kappa shape index (κ2) is 9.24. The Kier molecular flexibility index (Phi) is 6.65. The number of carbonyl (C=O) groups is 1. The van der Waals surface area contributed by atoms with Crippen LogP contribution >= 0.6 is 0 Å². The van der Waals surface area contributed by atoms with Gasteiger partial charge in [0.1, 0.15) is 0 Å². The second-order valence-electron chi connectivity index (χ2n) is 8.99. The van der Waals surface area contributed by atoms with Gasteiger partial charge in [0.15, 0.2) is 0 Å². The van der Waals surface area contributed by atoms with Crippen molar-refractivity contribution in [2.24, 2.45) is 0 Å². The minimum absolute atomic E-state index is 0.100. The highest BCUT2D eigenvalue weighted by atomic mass is 32.2. The Morgan fingerprint density at radius 3 is 2.40 bits per heavy atom. The molecule has 1 aromatic rings. The van der Waals surface area contributed by atoms with Gasteiger partial charge in [-0.15, -0.1) is 0 Å². The van der Waals surface area contributed by atoms with Crippen LogP contribution in [0.2, 0.25) is 0 Å². The number of urea groups is 1. The fourth-order valence-corrected chi connectivity index (χ4v) is 5.56. The number of rotatable bonds is 7. The highest BCUT2D eigenvalue weighted by Gasteiger charge is 2.40. The maximum Gasteiger partial charge on any atom is 0.318 e. The largest absolute Gasteiger partial charge is 0.376 e. The van der Waals surface area contributed by atoms with Crippen LogP contribution in [-0.4, -0.2) is 63.0 Å². The molecule has 0 aromatic heterocycles. The summed E-state index contributed by atoms with van der Waals surface area (Å²) in [6.07, 6.45) is 8.16. The summed E-state index contributed by atoms with van der Waals surface area (Å²) in [6, 6.07) is 10.2.